The van der Waals surface area contributed by atoms with Gasteiger partial charge in [-0.15, -0.1) is 0 Å². The number of halogens is 4. The van der Waals surface area contributed by atoms with Gasteiger partial charge in [0.25, 0.3) is 0 Å². The fourth-order valence-corrected chi connectivity index (χ4v) is 2.83. The molecule has 100 valence electrons. The van der Waals surface area contributed by atoms with Crippen LogP contribution in [-0.2, 0) is 6.42 Å². The van der Waals surface area contributed by atoms with E-state index < -0.39 is 11.9 Å². The molecule has 2 aromatic rings. The van der Waals surface area contributed by atoms with Gasteiger partial charge in [-0.3, -0.25) is 0 Å². The predicted molar refractivity (Wildman–Crippen MR) is 79.2 cm³/mol. The van der Waals surface area contributed by atoms with Crippen molar-refractivity contribution in [1.29, 1.82) is 0 Å². The fourth-order valence-electron chi connectivity index (χ4n) is 1.80. The van der Waals surface area contributed by atoms with E-state index in [1.807, 2.05) is 22.6 Å². The second-order valence-corrected chi connectivity index (χ2v) is 5.67. The van der Waals surface area contributed by atoms with Gasteiger partial charge >= 0.3 is 0 Å². The van der Waals surface area contributed by atoms with Crippen molar-refractivity contribution in [2.45, 2.75) is 12.5 Å². The summed E-state index contributed by atoms with van der Waals surface area (Å²) in [5.74, 6) is -0.894. The maximum Gasteiger partial charge on any atom is 0.145 e. The largest absolute Gasteiger partial charge is 0.388 e. The first-order valence-electron chi connectivity index (χ1n) is 5.55. The Kier molecular flexibility index (Phi) is 4.76. The Labute approximate surface area is 128 Å². The molecule has 0 heterocycles. The van der Waals surface area contributed by atoms with Crippen LogP contribution in [0, 0.1) is 15.2 Å². The Bertz CT molecular complexity index is 604. The maximum atomic E-state index is 13.7. The van der Waals surface area contributed by atoms with E-state index in [9.17, 15) is 13.9 Å². The maximum absolute atomic E-state index is 13.7. The van der Waals surface area contributed by atoms with Gasteiger partial charge in [0.05, 0.1) is 11.1 Å². The standard InChI is InChI=1S/C14H10ClF2IO/c15-11-3-1-2-8(14(11)17)6-13(19)10-5-4-9(16)7-12(10)18/h1-5,7,13,19H,6H2. The van der Waals surface area contributed by atoms with Gasteiger partial charge in [-0.1, -0.05) is 29.8 Å². The van der Waals surface area contributed by atoms with Gasteiger partial charge < -0.3 is 5.11 Å². The molecule has 0 saturated carbocycles. The van der Waals surface area contributed by atoms with Crippen LogP contribution in [0.2, 0.25) is 5.02 Å². The molecule has 0 amide bonds. The highest BCUT2D eigenvalue weighted by molar-refractivity contribution is 14.1. The quantitative estimate of drug-likeness (QED) is 0.760. The second-order valence-electron chi connectivity index (χ2n) is 4.10. The van der Waals surface area contributed by atoms with Gasteiger partial charge in [0, 0.05) is 9.99 Å². The number of hydrogen-bond donors (Lipinski definition) is 1. The zero-order chi connectivity index (χ0) is 14.0. The Morgan fingerprint density at radius 2 is 1.95 bits per heavy atom. The van der Waals surface area contributed by atoms with Crippen LogP contribution >= 0.6 is 34.2 Å². The molecule has 0 aliphatic carbocycles. The first kappa shape index (κ1) is 14.7. The number of rotatable bonds is 3. The van der Waals surface area contributed by atoms with E-state index >= 15 is 0 Å². The smallest absolute Gasteiger partial charge is 0.145 e. The lowest BCUT2D eigenvalue weighted by Crippen LogP contribution is -2.06. The highest BCUT2D eigenvalue weighted by atomic mass is 127. The number of hydrogen-bond acceptors (Lipinski definition) is 1. The average molecular weight is 395 g/mol. The lowest BCUT2D eigenvalue weighted by molar-refractivity contribution is 0.176. The highest BCUT2D eigenvalue weighted by Crippen LogP contribution is 2.26. The molecule has 0 radical (unpaired) electrons. The lowest BCUT2D eigenvalue weighted by atomic mass is 10.0. The lowest BCUT2D eigenvalue weighted by Gasteiger charge is -2.14. The highest BCUT2D eigenvalue weighted by Gasteiger charge is 2.15. The first-order valence-corrected chi connectivity index (χ1v) is 7.00. The molecule has 1 N–H and O–H groups in total. The molecule has 1 unspecified atom stereocenters. The van der Waals surface area contributed by atoms with Crippen molar-refractivity contribution in [1.82, 2.24) is 0 Å². The Hall–Kier alpha value is -0.720. The third-order valence-corrected chi connectivity index (χ3v) is 3.99. The minimum Gasteiger partial charge on any atom is -0.388 e. The molecule has 5 heteroatoms. The summed E-state index contributed by atoms with van der Waals surface area (Å²) in [7, 11) is 0. The van der Waals surface area contributed by atoms with Gasteiger partial charge in [0.15, 0.2) is 0 Å². The SMILES string of the molecule is OC(Cc1cccc(Cl)c1F)c1ccc(F)cc1I. The van der Waals surface area contributed by atoms with Crippen molar-refractivity contribution in [3.05, 3.63) is 67.8 Å². The molecule has 2 rings (SSSR count). The summed E-state index contributed by atoms with van der Waals surface area (Å²) in [4.78, 5) is 0. The zero-order valence-corrected chi connectivity index (χ0v) is 12.6. The van der Waals surface area contributed by atoms with Gasteiger partial charge in [-0.25, -0.2) is 8.78 Å². The molecule has 2 aromatic carbocycles. The van der Waals surface area contributed by atoms with Gasteiger partial charge in [-0.05, 0) is 51.9 Å². The van der Waals surface area contributed by atoms with Crippen LogP contribution < -0.4 is 0 Å². The van der Waals surface area contributed by atoms with E-state index in [-0.39, 0.29) is 17.3 Å². The van der Waals surface area contributed by atoms with Gasteiger partial charge in [0.1, 0.15) is 11.6 Å². The van der Waals surface area contributed by atoms with Gasteiger partial charge in [0.2, 0.25) is 0 Å². The molecule has 0 aliphatic heterocycles. The monoisotopic (exact) mass is 394 g/mol. The Balaban J connectivity index is 2.25. The molecule has 0 fully saturated rings. The summed E-state index contributed by atoms with van der Waals surface area (Å²) in [5, 5.41) is 10.2. The summed E-state index contributed by atoms with van der Waals surface area (Å²) >= 11 is 7.63. The third kappa shape index (κ3) is 3.43. The topological polar surface area (TPSA) is 20.2 Å². The molecule has 19 heavy (non-hydrogen) atoms. The predicted octanol–water partition coefficient (Wildman–Crippen LogP) is 4.50. The molecule has 0 spiro atoms. The van der Waals surface area contributed by atoms with E-state index in [0.29, 0.717) is 14.7 Å². The summed E-state index contributed by atoms with van der Waals surface area (Å²) in [5.41, 5.74) is 0.904. The molecule has 0 bridgehead atoms. The van der Waals surface area contributed by atoms with Crippen LogP contribution in [0.1, 0.15) is 17.2 Å². The Morgan fingerprint density at radius 1 is 1.21 bits per heavy atom. The zero-order valence-electron chi connectivity index (χ0n) is 9.71. The number of aliphatic hydroxyl groups excluding tert-OH is 1. The summed E-state index contributed by atoms with van der Waals surface area (Å²) in [6.45, 7) is 0. The van der Waals surface area contributed by atoms with E-state index in [1.165, 1.54) is 24.3 Å². The summed E-state index contributed by atoms with van der Waals surface area (Å²) < 4.78 is 27.3. The number of aliphatic hydroxyl groups is 1. The van der Waals surface area contributed by atoms with Crippen LogP contribution in [0.5, 0.6) is 0 Å². The first-order chi connectivity index (χ1) is 8.99. The molecule has 1 nitrogen and oxygen atoms in total. The molecular formula is C14H10ClF2IO. The van der Waals surface area contributed by atoms with Crippen LogP contribution in [0.15, 0.2) is 36.4 Å². The van der Waals surface area contributed by atoms with Crippen LogP contribution in [-0.4, -0.2) is 5.11 Å². The molecule has 1 atom stereocenters. The van der Waals surface area contributed by atoms with Crippen molar-refractivity contribution in [2.75, 3.05) is 0 Å². The van der Waals surface area contributed by atoms with E-state index in [1.54, 1.807) is 12.1 Å². The van der Waals surface area contributed by atoms with Crippen molar-refractivity contribution in [3.63, 3.8) is 0 Å². The second kappa shape index (κ2) is 6.15. The van der Waals surface area contributed by atoms with Crippen LogP contribution in [0.4, 0.5) is 8.78 Å². The van der Waals surface area contributed by atoms with Crippen molar-refractivity contribution < 1.29 is 13.9 Å². The molecule has 0 saturated heterocycles. The van der Waals surface area contributed by atoms with Crippen molar-refractivity contribution >= 4 is 34.2 Å². The molecule has 0 aliphatic rings. The minimum atomic E-state index is -0.902. The molecule has 0 aromatic heterocycles. The van der Waals surface area contributed by atoms with Crippen LogP contribution in [0.3, 0.4) is 0 Å². The summed E-state index contributed by atoms with van der Waals surface area (Å²) in [6.07, 6.45) is -0.811. The van der Waals surface area contributed by atoms with Crippen molar-refractivity contribution in [2.24, 2.45) is 0 Å². The van der Waals surface area contributed by atoms with Crippen molar-refractivity contribution in [3.8, 4) is 0 Å². The molecular weight excluding hydrogens is 385 g/mol. The fraction of sp³-hybridized carbons (Fsp3) is 0.143. The van der Waals surface area contributed by atoms with E-state index in [4.69, 9.17) is 11.6 Å². The van der Waals surface area contributed by atoms with E-state index in [0.717, 1.165) is 0 Å². The normalized spacial score (nSPS) is 12.5. The minimum absolute atomic E-state index is 0.0264. The third-order valence-electron chi connectivity index (χ3n) is 2.77. The van der Waals surface area contributed by atoms with E-state index in [2.05, 4.69) is 0 Å². The summed E-state index contributed by atoms with van der Waals surface area (Å²) in [6, 6.07) is 8.76. The average Bonchev–Trinajstić information content (AvgIpc) is 2.34. The number of benzene rings is 2. The Morgan fingerprint density at radius 3 is 2.63 bits per heavy atom. The van der Waals surface area contributed by atoms with Crippen LogP contribution in [0.25, 0.3) is 0 Å². The van der Waals surface area contributed by atoms with Gasteiger partial charge in [-0.2, -0.15) is 0 Å².